The molecular weight excluding hydrogens is 278 g/mol. The first-order valence-corrected chi connectivity index (χ1v) is 6.58. The fraction of sp³-hybridized carbons (Fsp3) is 0.357. The van der Waals surface area contributed by atoms with Gasteiger partial charge in [0.15, 0.2) is 0 Å². The Bertz CT molecular complexity index is 638. The maximum absolute atomic E-state index is 6.12. The van der Waals surface area contributed by atoms with Crippen LogP contribution in [-0.2, 0) is 6.54 Å². The van der Waals surface area contributed by atoms with E-state index in [-0.39, 0.29) is 0 Å². The number of hydrogen-bond acceptors (Lipinski definition) is 4. The van der Waals surface area contributed by atoms with Crippen LogP contribution in [0.3, 0.4) is 0 Å². The van der Waals surface area contributed by atoms with Crippen molar-refractivity contribution in [3.05, 3.63) is 34.1 Å². The van der Waals surface area contributed by atoms with Crippen LogP contribution in [0, 0.1) is 13.8 Å². The van der Waals surface area contributed by atoms with Crippen molar-refractivity contribution in [3.8, 4) is 17.2 Å². The van der Waals surface area contributed by atoms with Crippen LogP contribution in [0.25, 0.3) is 5.69 Å². The molecule has 0 atom stereocenters. The molecule has 0 spiro atoms. The summed E-state index contributed by atoms with van der Waals surface area (Å²) >= 11 is 6.12. The lowest BCUT2D eigenvalue weighted by atomic mass is 10.2. The highest BCUT2D eigenvalue weighted by molar-refractivity contribution is 6.32. The van der Waals surface area contributed by atoms with Gasteiger partial charge in [-0.05, 0) is 13.8 Å². The molecule has 1 heterocycles. The standard InChI is InChI=1S/C14H18ClN3O2/c1-8-10(7-16)9(2)18(17-8)12-6-13(19-3)11(15)5-14(12)20-4/h5-6H,7,16H2,1-4H3. The molecule has 108 valence electrons. The lowest BCUT2D eigenvalue weighted by Gasteiger charge is -2.13. The van der Waals surface area contributed by atoms with E-state index in [9.17, 15) is 0 Å². The van der Waals surface area contributed by atoms with Crippen molar-refractivity contribution >= 4 is 11.6 Å². The van der Waals surface area contributed by atoms with Gasteiger partial charge in [0.1, 0.15) is 17.2 Å². The first kappa shape index (κ1) is 14.7. The second kappa shape index (κ2) is 5.73. The van der Waals surface area contributed by atoms with Crippen LogP contribution in [0.5, 0.6) is 11.5 Å². The SMILES string of the molecule is COc1cc(-n2nc(C)c(CN)c2C)c(OC)cc1Cl. The number of halogens is 1. The Morgan fingerprint density at radius 2 is 1.85 bits per heavy atom. The van der Waals surface area contributed by atoms with Gasteiger partial charge in [-0.25, -0.2) is 4.68 Å². The summed E-state index contributed by atoms with van der Waals surface area (Å²) < 4.78 is 12.4. The number of benzene rings is 1. The normalized spacial score (nSPS) is 10.7. The summed E-state index contributed by atoms with van der Waals surface area (Å²) in [6.07, 6.45) is 0. The van der Waals surface area contributed by atoms with E-state index in [2.05, 4.69) is 5.10 Å². The van der Waals surface area contributed by atoms with E-state index in [1.807, 2.05) is 13.8 Å². The molecule has 1 aromatic heterocycles. The molecule has 0 unspecified atom stereocenters. The highest BCUT2D eigenvalue weighted by atomic mass is 35.5. The molecule has 0 aliphatic rings. The number of nitrogens with two attached hydrogens (primary N) is 1. The summed E-state index contributed by atoms with van der Waals surface area (Å²) in [5.41, 5.74) is 9.45. The monoisotopic (exact) mass is 295 g/mol. The second-order valence-electron chi connectivity index (χ2n) is 4.42. The maximum atomic E-state index is 6.12. The van der Waals surface area contributed by atoms with Crippen molar-refractivity contribution in [1.82, 2.24) is 9.78 Å². The van der Waals surface area contributed by atoms with Gasteiger partial charge in [-0.2, -0.15) is 5.10 Å². The predicted molar refractivity (Wildman–Crippen MR) is 79.0 cm³/mol. The Kier molecular flexibility index (Phi) is 4.20. The smallest absolute Gasteiger partial charge is 0.146 e. The molecule has 0 radical (unpaired) electrons. The van der Waals surface area contributed by atoms with Crippen LogP contribution in [0.2, 0.25) is 5.02 Å². The van der Waals surface area contributed by atoms with Crippen molar-refractivity contribution < 1.29 is 9.47 Å². The first-order valence-electron chi connectivity index (χ1n) is 6.20. The predicted octanol–water partition coefficient (Wildman–Crippen LogP) is 2.62. The van der Waals surface area contributed by atoms with Crippen LogP contribution in [-0.4, -0.2) is 24.0 Å². The number of rotatable bonds is 4. The minimum atomic E-state index is 0.449. The fourth-order valence-electron chi connectivity index (χ4n) is 2.21. The molecule has 0 saturated carbocycles. The van der Waals surface area contributed by atoms with Crippen LogP contribution in [0.4, 0.5) is 0 Å². The maximum Gasteiger partial charge on any atom is 0.146 e. The zero-order valence-corrected chi connectivity index (χ0v) is 12.8. The van der Waals surface area contributed by atoms with Crippen LogP contribution in [0.15, 0.2) is 12.1 Å². The van der Waals surface area contributed by atoms with Crippen LogP contribution >= 0.6 is 11.6 Å². The summed E-state index contributed by atoms with van der Waals surface area (Å²) in [7, 11) is 3.17. The molecule has 0 amide bonds. The number of methoxy groups -OCH3 is 2. The van der Waals surface area contributed by atoms with Crippen molar-refractivity contribution in [2.24, 2.45) is 5.73 Å². The molecule has 0 aliphatic heterocycles. The third kappa shape index (κ3) is 2.34. The average Bonchev–Trinajstić information content (AvgIpc) is 2.73. The Morgan fingerprint density at radius 3 is 2.35 bits per heavy atom. The Morgan fingerprint density at radius 1 is 1.20 bits per heavy atom. The van der Waals surface area contributed by atoms with E-state index >= 15 is 0 Å². The molecule has 1 aromatic carbocycles. The van der Waals surface area contributed by atoms with E-state index < -0.39 is 0 Å². The van der Waals surface area contributed by atoms with E-state index in [0.717, 1.165) is 22.6 Å². The molecule has 0 saturated heterocycles. The van der Waals surface area contributed by atoms with Crippen LogP contribution < -0.4 is 15.2 Å². The number of ether oxygens (including phenoxy) is 2. The lowest BCUT2D eigenvalue weighted by Crippen LogP contribution is -2.04. The van der Waals surface area contributed by atoms with Gasteiger partial charge in [0, 0.05) is 29.9 Å². The largest absolute Gasteiger partial charge is 0.495 e. The Labute approximate surface area is 123 Å². The topological polar surface area (TPSA) is 62.3 Å². The van der Waals surface area contributed by atoms with E-state index in [4.69, 9.17) is 26.8 Å². The number of aromatic nitrogens is 2. The van der Waals surface area contributed by atoms with Crippen molar-refractivity contribution in [3.63, 3.8) is 0 Å². The van der Waals surface area contributed by atoms with Gasteiger partial charge >= 0.3 is 0 Å². The fourth-order valence-corrected chi connectivity index (χ4v) is 2.45. The van der Waals surface area contributed by atoms with Crippen molar-refractivity contribution in [2.45, 2.75) is 20.4 Å². The van der Waals surface area contributed by atoms with Crippen molar-refractivity contribution in [1.29, 1.82) is 0 Å². The zero-order chi connectivity index (χ0) is 14.9. The summed E-state index contributed by atoms with van der Waals surface area (Å²) in [5, 5.41) is 5.02. The first-order chi connectivity index (χ1) is 9.53. The second-order valence-corrected chi connectivity index (χ2v) is 4.83. The Balaban J connectivity index is 2.68. The van der Waals surface area contributed by atoms with Gasteiger partial charge in [0.2, 0.25) is 0 Å². The molecule has 5 nitrogen and oxygen atoms in total. The van der Waals surface area contributed by atoms with Crippen molar-refractivity contribution in [2.75, 3.05) is 14.2 Å². The summed E-state index contributed by atoms with van der Waals surface area (Å²) in [6.45, 7) is 4.36. The highest BCUT2D eigenvalue weighted by Gasteiger charge is 2.17. The Hall–Kier alpha value is -1.72. The third-order valence-corrected chi connectivity index (χ3v) is 3.62. The summed E-state index contributed by atoms with van der Waals surface area (Å²) in [5.74, 6) is 1.20. The van der Waals surface area contributed by atoms with E-state index in [1.165, 1.54) is 0 Å². The van der Waals surface area contributed by atoms with Gasteiger partial charge in [-0.3, -0.25) is 0 Å². The minimum absolute atomic E-state index is 0.449. The molecule has 2 rings (SSSR count). The highest BCUT2D eigenvalue weighted by Crippen LogP contribution is 2.35. The van der Waals surface area contributed by atoms with Gasteiger partial charge in [0.25, 0.3) is 0 Å². The lowest BCUT2D eigenvalue weighted by molar-refractivity contribution is 0.400. The van der Waals surface area contributed by atoms with Gasteiger partial charge in [-0.1, -0.05) is 11.6 Å². The molecule has 0 fully saturated rings. The number of nitrogens with zero attached hydrogens (tertiary/aromatic N) is 2. The molecular formula is C14H18ClN3O2. The zero-order valence-electron chi connectivity index (χ0n) is 12.0. The molecule has 6 heteroatoms. The number of aryl methyl sites for hydroxylation is 1. The average molecular weight is 296 g/mol. The summed E-state index contributed by atoms with van der Waals surface area (Å²) in [4.78, 5) is 0. The number of hydrogen-bond donors (Lipinski definition) is 1. The molecule has 0 aliphatic carbocycles. The van der Waals surface area contributed by atoms with E-state index in [1.54, 1.807) is 31.0 Å². The van der Waals surface area contributed by atoms with Crippen LogP contribution in [0.1, 0.15) is 17.0 Å². The molecule has 20 heavy (non-hydrogen) atoms. The minimum Gasteiger partial charge on any atom is -0.495 e. The molecule has 2 aromatic rings. The quantitative estimate of drug-likeness (QED) is 0.942. The van der Waals surface area contributed by atoms with E-state index in [0.29, 0.717) is 23.1 Å². The third-order valence-electron chi connectivity index (χ3n) is 3.33. The molecule has 2 N–H and O–H groups in total. The summed E-state index contributed by atoms with van der Waals surface area (Å²) in [6, 6.07) is 3.52. The van der Waals surface area contributed by atoms with Gasteiger partial charge < -0.3 is 15.2 Å². The molecule has 0 bridgehead atoms. The van der Waals surface area contributed by atoms with Gasteiger partial charge in [0.05, 0.1) is 24.9 Å². The van der Waals surface area contributed by atoms with Gasteiger partial charge in [-0.15, -0.1) is 0 Å².